The number of benzene rings is 2. The van der Waals surface area contributed by atoms with Crippen molar-refractivity contribution in [3.05, 3.63) is 70.8 Å². The van der Waals surface area contributed by atoms with Crippen LogP contribution < -0.4 is 0 Å². The van der Waals surface area contributed by atoms with Gasteiger partial charge in [-0.05, 0) is 66.5 Å². The van der Waals surface area contributed by atoms with Crippen molar-refractivity contribution >= 4 is 0 Å². The van der Waals surface area contributed by atoms with Gasteiger partial charge in [0.25, 0.3) is 0 Å². The normalized spacial score (nSPS) is 18.6. The van der Waals surface area contributed by atoms with Crippen LogP contribution in [0, 0.1) is 23.7 Å². The molecule has 0 spiro atoms. The van der Waals surface area contributed by atoms with Crippen molar-refractivity contribution in [2.45, 2.75) is 90.9 Å². The standard InChI is InChI=1S/C30H40/c1-3-5-6-8-26-11-15-28(16-12-26)18-20-30-23-21-29(22-24-30)19-17-27-13-9-25(7-4-2)10-14-27/h9-10,13-14,21-24,26,28H,3-8,11-12,15-16,18,20H2,1-2H3/t26-,28-. The van der Waals surface area contributed by atoms with E-state index in [-0.39, 0.29) is 0 Å². The molecule has 0 unspecified atom stereocenters. The van der Waals surface area contributed by atoms with Crippen molar-refractivity contribution in [1.29, 1.82) is 0 Å². The predicted octanol–water partition coefficient (Wildman–Crippen LogP) is 8.36. The number of unbranched alkanes of at least 4 members (excludes halogenated alkanes) is 2. The van der Waals surface area contributed by atoms with E-state index >= 15 is 0 Å². The molecular formula is C30H40. The molecular weight excluding hydrogens is 360 g/mol. The van der Waals surface area contributed by atoms with Crippen LogP contribution >= 0.6 is 0 Å². The van der Waals surface area contributed by atoms with Crippen molar-refractivity contribution in [3.63, 3.8) is 0 Å². The van der Waals surface area contributed by atoms with Gasteiger partial charge in [0.2, 0.25) is 0 Å². The van der Waals surface area contributed by atoms with Crippen LogP contribution in [0.5, 0.6) is 0 Å². The van der Waals surface area contributed by atoms with E-state index in [0.717, 1.165) is 29.4 Å². The van der Waals surface area contributed by atoms with Crippen LogP contribution in [0.4, 0.5) is 0 Å². The summed E-state index contributed by atoms with van der Waals surface area (Å²) < 4.78 is 0. The maximum atomic E-state index is 3.32. The van der Waals surface area contributed by atoms with Crippen LogP contribution in [0.25, 0.3) is 0 Å². The lowest BCUT2D eigenvalue weighted by atomic mass is 9.78. The molecule has 3 rings (SSSR count). The van der Waals surface area contributed by atoms with Gasteiger partial charge in [-0.25, -0.2) is 0 Å². The molecule has 2 aromatic carbocycles. The Morgan fingerprint density at radius 1 is 0.600 bits per heavy atom. The molecule has 160 valence electrons. The zero-order chi connectivity index (χ0) is 21.0. The second-order valence-electron chi connectivity index (χ2n) is 9.32. The molecule has 0 heterocycles. The molecule has 1 aliphatic carbocycles. The highest BCUT2D eigenvalue weighted by atomic mass is 14.3. The molecule has 2 aromatic rings. The topological polar surface area (TPSA) is 0 Å². The van der Waals surface area contributed by atoms with Crippen molar-refractivity contribution in [2.75, 3.05) is 0 Å². The van der Waals surface area contributed by atoms with Crippen LogP contribution in [0.15, 0.2) is 48.5 Å². The van der Waals surface area contributed by atoms with Crippen molar-refractivity contribution in [1.82, 2.24) is 0 Å². The van der Waals surface area contributed by atoms with E-state index in [1.54, 1.807) is 0 Å². The van der Waals surface area contributed by atoms with Crippen molar-refractivity contribution < 1.29 is 0 Å². The maximum Gasteiger partial charge on any atom is 0.0249 e. The first-order chi connectivity index (χ1) is 14.8. The highest BCUT2D eigenvalue weighted by Crippen LogP contribution is 2.34. The summed E-state index contributed by atoms with van der Waals surface area (Å²) in [5.74, 6) is 8.60. The Balaban J connectivity index is 1.41. The monoisotopic (exact) mass is 400 g/mol. The average molecular weight is 401 g/mol. The molecule has 0 aliphatic heterocycles. The lowest BCUT2D eigenvalue weighted by Gasteiger charge is -2.28. The third-order valence-corrected chi connectivity index (χ3v) is 6.82. The van der Waals surface area contributed by atoms with Crippen LogP contribution in [-0.2, 0) is 12.8 Å². The lowest BCUT2D eigenvalue weighted by molar-refractivity contribution is 0.249. The minimum atomic E-state index is 0.947. The summed E-state index contributed by atoms with van der Waals surface area (Å²) in [5.41, 5.74) is 5.08. The Bertz CT molecular complexity index is 777. The molecule has 0 atom stereocenters. The Morgan fingerprint density at radius 2 is 1.10 bits per heavy atom. The quantitative estimate of drug-likeness (QED) is 0.293. The van der Waals surface area contributed by atoms with Crippen LogP contribution in [0.3, 0.4) is 0 Å². The summed E-state index contributed by atoms with van der Waals surface area (Å²) in [6.45, 7) is 4.53. The third-order valence-electron chi connectivity index (χ3n) is 6.82. The van der Waals surface area contributed by atoms with Gasteiger partial charge < -0.3 is 0 Å². The van der Waals surface area contributed by atoms with Gasteiger partial charge in [0, 0.05) is 11.1 Å². The zero-order valence-corrected chi connectivity index (χ0v) is 19.3. The molecule has 0 amide bonds. The summed E-state index contributed by atoms with van der Waals surface area (Å²) in [5, 5.41) is 0. The summed E-state index contributed by atoms with van der Waals surface area (Å²) in [4.78, 5) is 0. The third kappa shape index (κ3) is 7.68. The lowest BCUT2D eigenvalue weighted by Crippen LogP contribution is -2.15. The van der Waals surface area contributed by atoms with E-state index in [9.17, 15) is 0 Å². The first-order valence-corrected chi connectivity index (χ1v) is 12.5. The first-order valence-electron chi connectivity index (χ1n) is 12.5. The predicted molar refractivity (Wildman–Crippen MR) is 131 cm³/mol. The number of hydrogen-bond acceptors (Lipinski definition) is 0. The molecule has 1 aliphatic rings. The fourth-order valence-corrected chi connectivity index (χ4v) is 4.81. The van der Waals surface area contributed by atoms with E-state index < -0.39 is 0 Å². The molecule has 0 saturated heterocycles. The summed E-state index contributed by atoms with van der Waals surface area (Å²) in [6.07, 6.45) is 16.5. The Kier molecular flexibility index (Phi) is 9.56. The van der Waals surface area contributed by atoms with Gasteiger partial charge in [-0.3, -0.25) is 0 Å². The van der Waals surface area contributed by atoms with Gasteiger partial charge in [-0.2, -0.15) is 0 Å². The van der Waals surface area contributed by atoms with Crippen molar-refractivity contribution in [3.8, 4) is 11.8 Å². The Hall–Kier alpha value is -2.00. The smallest absolute Gasteiger partial charge is 0.0249 e. The van der Waals surface area contributed by atoms with Gasteiger partial charge in [-0.1, -0.05) is 108 Å². The van der Waals surface area contributed by atoms with E-state index in [2.05, 4.69) is 74.2 Å². The molecule has 0 nitrogen and oxygen atoms in total. The number of rotatable bonds is 9. The fourth-order valence-electron chi connectivity index (χ4n) is 4.81. The molecule has 0 N–H and O–H groups in total. The minimum absolute atomic E-state index is 0.947. The molecule has 0 bridgehead atoms. The van der Waals surface area contributed by atoms with Crippen LogP contribution in [0.1, 0.15) is 100 Å². The molecule has 30 heavy (non-hydrogen) atoms. The molecule has 1 saturated carbocycles. The fraction of sp³-hybridized carbons (Fsp3) is 0.533. The van der Waals surface area contributed by atoms with Gasteiger partial charge in [0.1, 0.15) is 0 Å². The average Bonchev–Trinajstić information content (AvgIpc) is 2.79. The van der Waals surface area contributed by atoms with Crippen molar-refractivity contribution in [2.24, 2.45) is 11.8 Å². The van der Waals surface area contributed by atoms with E-state index in [0.29, 0.717) is 0 Å². The van der Waals surface area contributed by atoms with E-state index in [1.807, 2.05) is 0 Å². The number of hydrogen-bond donors (Lipinski definition) is 0. The molecule has 1 fully saturated rings. The molecule has 0 heteroatoms. The van der Waals surface area contributed by atoms with E-state index in [4.69, 9.17) is 0 Å². The zero-order valence-electron chi connectivity index (χ0n) is 19.3. The Labute approximate surface area is 185 Å². The minimum Gasteiger partial charge on any atom is -0.0654 e. The van der Waals surface area contributed by atoms with Gasteiger partial charge in [-0.15, -0.1) is 0 Å². The van der Waals surface area contributed by atoms with Gasteiger partial charge in [0.05, 0.1) is 0 Å². The Morgan fingerprint density at radius 3 is 1.60 bits per heavy atom. The van der Waals surface area contributed by atoms with Crippen LogP contribution in [0.2, 0.25) is 0 Å². The van der Waals surface area contributed by atoms with Gasteiger partial charge >= 0.3 is 0 Å². The SMILES string of the molecule is CCCCC[C@H]1CC[C@H](CCc2ccc(C#Cc3ccc(CCC)cc3)cc2)CC1. The highest BCUT2D eigenvalue weighted by molar-refractivity contribution is 5.44. The van der Waals surface area contributed by atoms with E-state index in [1.165, 1.54) is 81.8 Å². The summed E-state index contributed by atoms with van der Waals surface area (Å²) >= 11 is 0. The molecule has 0 aromatic heterocycles. The van der Waals surface area contributed by atoms with Crippen LogP contribution in [-0.4, -0.2) is 0 Å². The highest BCUT2D eigenvalue weighted by Gasteiger charge is 2.20. The second kappa shape index (κ2) is 12.6. The number of aryl methyl sites for hydroxylation is 2. The maximum absolute atomic E-state index is 3.32. The van der Waals surface area contributed by atoms with Gasteiger partial charge in [0.15, 0.2) is 0 Å². The first kappa shape index (κ1) is 22.7. The largest absolute Gasteiger partial charge is 0.0654 e. The second-order valence-corrected chi connectivity index (χ2v) is 9.32. The molecule has 0 radical (unpaired) electrons. The summed E-state index contributed by atoms with van der Waals surface area (Å²) in [7, 11) is 0. The summed E-state index contributed by atoms with van der Waals surface area (Å²) in [6, 6.07) is 17.6.